The fourth-order valence-corrected chi connectivity index (χ4v) is 2.60. The molecule has 118 valence electrons. The van der Waals surface area contributed by atoms with Crippen molar-refractivity contribution in [1.82, 2.24) is 4.90 Å². The highest BCUT2D eigenvalue weighted by Crippen LogP contribution is 2.26. The van der Waals surface area contributed by atoms with E-state index in [0.29, 0.717) is 25.3 Å². The number of hydrogen-bond donors (Lipinski definition) is 1. The Morgan fingerprint density at radius 2 is 2.32 bits per heavy atom. The summed E-state index contributed by atoms with van der Waals surface area (Å²) in [5, 5.41) is 22.8. The quantitative estimate of drug-likeness (QED) is 0.644. The van der Waals surface area contributed by atoms with Crippen LogP contribution >= 0.6 is 0 Å². The summed E-state index contributed by atoms with van der Waals surface area (Å²) in [7, 11) is 0. The van der Waals surface area contributed by atoms with Gasteiger partial charge in [0.05, 0.1) is 23.1 Å². The number of rotatable bonds is 6. The van der Waals surface area contributed by atoms with Crippen molar-refractivity contribution in [1.29, 1.82) is 5.26 Å². The number of nitro benzene ring substituents is 1. The molecule has 0 spiro atoms. The van der Waals surface area contributed by atoms with Gasteiger partial charge < -0.3 is 5.32 Å². The Balaban J connectivity index is 1.95. The number of nitriles is 1. The molecule has 0 saturated carbocycles. The molecule has 1 aromatic rings. The molecule has 0 aromatic heterocycles. The number of nitro groups is 1. The van der Waals surface area contributed by atoms with Crippen molar-refractivity contribution in [2.75, 3.05) is 31.5 Å². The Labute approximate surface area is 126 Å². The van der Waals surface area contributed by atoms with Crippen LogP contribution in [0.2, 0.25) is 0 Å². The second-order valence-electron chi connectivity index (χ2n) is 5.29. The zero-order chi connectivity index (χ0) is 16.1. The van der Waals surface area contributed by atoms with Crippen LogP contribution in [0.4, 0.5) is 20.2 Å². The number of nitrogens with one attached hydrogen (secondary N) is 1. The molecule has 1 unspecified atom stereocenters. The highest BCUT2D eigenvalue weighted by molar-refractivity contribution is 5.64. The maximum Gasteiger partial charge on any atom is 0.293 e. The molecule has 0 radical (unpaired) electrons. The van der Waals surface area contributed by atoms with Gasteiger partial charge >= 0.3 is 0 Å². The normalized spacial score (nSPS) is 18.4. The van der Waals surface area contributed by atoms with Crippen molar-refractivity contribution >= 4 is 11.4 Å². The fraction of sp³-hybridized carbons (Fsp3) is 0.500. The number of hydrogen-bond acceptors (Lipinski definition) is 5. The molecule has 8 heteroatoms. The van der Waals surface area contributed by atoms with Crippen LogP contribution in [0.1, 0.15) is 12.0 Å². The Kier molecular flexibility index (Phi) is 5.22. The van der Waals surface area contributed by atoms with Gasteiger partial charge in [-0.2, -0.15) is 5.26 Å². The predicted octanol–water partition coefficient (Wildman–Crippen LogP) is 2.47. The number of anilines is 1. The predicted molar refractivity (Wildman–Crippen MR) is 76.9 cm³/mol. The van der Waals surface area contributed by atoms with Crippen LogP contribution in [0.25, 0.3) is 0 Å². The molecule has 0 aliphatic carbocycles. The Bertz CT molecular complexity index is 589. The summed E-state index contributed by atoms with van der Waals surface area (Å²) in [5.41, 5.74) is 0.416. The molecule has 1 aliphatic rings. The maximum absolute atomic E-state index is 12.3. The third kappa shape index (κ3) is 4.11. The van der Waals surface area contributed by atoms with Crippen molar-refractivity contribution in [3.63, 3.8) is 0 Å². The Morgan fingerprint density at radius 3 is 2.95 bits per heavy atom. The van der Waals surface area contributed by atoms with Crippen LogP contribution in [0.5, 0.6) is 0 Å². The summed E-state index contributed by atoms with van der Waals surface area (Å²) >= 11 is 0. The van der Waals surface area contributed by atoms with Crippen molar-refractivity contribution in [3.05, 3.63) is 33.9 Å². The first-order valence-electron chi connectivity index (χ1n) is 6.92. The minimum absolute atomic E-state index is 0.151. The monoisotopic (exact) mass is 310 g/mol. The number of halogens is 2. The molecule has 1 atom stereocenters. The van der Waals surface area contributed by atoms with Crippen molar-refractivity contribution in [2.45, 2.75) is 12.8 Å². The van der Waals surface area contributed by atoms with E-state index in [1.807, 2.05) is 6.07 Å². The fourth-order valence-electron chi connectivity index (χ4n) is 2.60. The average molecular weight is 310 g/mol. The third-order valence-corrected chi connectivity index (χ3v) is 3.67. The molecule has 0 amide bonds. The van der Waals surface area contributed by atoms with Gasteiger partial charge in [0.1, 0.15) is 5.69 Å². The summed E-state index contributed by atoms with van der Waals surface area (Å²) in [6.07, 6.45) is -1.56. The number of benzene rings is 1. The average Bonchev–Trinajstić information content (AvgIpc) is 2.91. The molecule has 1 aliphatic heterocycles. The molecule has 1 fully saturated rings. The largest absolute Gasteiger partial charge is 0.379 e. The first-order chi connectivity index (χ1) is 10.5. The molecule has 2 rings (SSSR count). The van der Waals surface area contributed by atoms with E-state index in [2.05, 4.69) is 5.32 Å². The van der Waals surface area contributed by atoms with E-state index < -0.39 is 11.3 Å². The molecule has 1 N–H and O–H groups in total. The molecule has 1 saturated heterocycles. The summed E-state index contributed by atoms with van der Waals surface area (Å²) in [6, 6.07) is 6.09. The van der Waals surface area contributed by atoms with Gasteiger partial charge in [-0.25, -0.2) is 8.78 Å². The van der Waals surface area contributed by atoms with Crippen LogP contribution in [0.3, 0.4) is 0 Å². The van der Waals surface area contributed by atoms with Gasteiger partial charge in [-0.15, -0.1) is 0 Å². The van der Waals surface area contributed by atoms with Gasteiger partial charge in [-0.3, -0.25) is 15.0 Å². The highest BCUT2D eigenvalue weighted by atomic mass is 19.3. The molecule has 6 nitrogen and oxygen atoms in total. The lowest BCUT2D eigenvalue weighted by Crippen LogP contribution is -2.27. The van der Waals surface area contributed by atoms with Crippen molar-refractivity contribution in [2.24, 2.45) is 5.92 Å². The lowest BCUT2D eigenvalue weighted by Gasteiger charge is -2.16. The van der Waals surface area contributed by atoms with E-state index in [-0.39, 0.29) is 23.7 Å². The SMILES string of the molecule is N#Cc1ccc(NCC2CCN(CC(F)F)C2)c([N+](=O)[O-])c1. The van der Waals surface area contributed by atoms with E-state index in [9.17, 15) is 18.9 Å². The van der Waals surface area contributed by atoms with Crippen LogP contribution in [0.15, 0.2) is 18.2 Å². The van der Waals surface area contributed by atoms with E-state index in [1.54, 1.807) is 4.90 Å². The molecule has 1 aromatic carbocycles. The first-order valence-corrected chi connectivity index (χ1v) is 6.92. The number of likely N-dealkylation sites (tertiary alicyclic amines) is 1. The molecular formula is C14H16F2N4O2. The summed E-state index contributed by atoms with van der Waals surface area (Å²) in [4.78, 5) is 12.2. The lowest BCUT2D eigenvalue weighted by molar-refractivity contribution is -0.384. The van der Waals surface area contributed by atoms with E-state index in [0.717, 1.165) is 6.42 Å². The third-order valence-electron chi connectivity index (χ3n) is 3.67. The van der Waals surface area contributed by atoms with Gasteiger partial charge in [0.2, 0.25) is 0 Å². The van der Waals surface area contributed by atoms with Crippen molar-refractivity contribution in [3.8, 4) is 6.07 Å². The van der Waals surface area contributed by atoms with Gasteiger partial charge in [0.15, 0.2) is 0 Å². The number of nitrogens with zero attached hydrogens (tertiary/aromatic N) is 3. The van der Waals surface area contributed by atoms with Gasteiger partial charge in [-0.1, -0.05) is 0 Å². The zero-order valence-corrected chi connectivity index (χ0v) is 11.8. The minimum Gasteiger partial charge on any atom is -0.379 e. The van der Waals surface area contributed by atoms with Crippen molar-refractivity contribution < 1.29 is 13.7 Å². The van der Waals surface area contributed by atoms with E-state index in [1.165, 1.54) is 18.2 Å². The molecule has 22 heavy (non-hydrogen) atoms. The van der Waals surface area contributed by atoms with Crippen LogP contribution in [0, 0.1) is 27.4 Å². The summed E-state index contributed by atoms with van der Waals surface area (Å²) in [5.74, 6) is 0.175. The second-order valence-corrected chi connectivity index (χ2v) is 5.29. The first kappa shape index (κ1) is 16.1. The Morgan fingerprint density at radius 1 is 1.55 bits per heavy atom. The van der Waals surface area contributed by atoms with E-state index >= 15 is 0 Å². The topological polar surface area (TPSA) is 82.2 Å². The standard InChI is InChI=1S/C14H16F2N4O2/c15-14(16)9-19-4-3-11(8-19)7-18-12-2-1-10(6-17)5-13(12)20(21)22/h1-2,5,11,14,18H,3-4,7-9H2. The zero-order valence-electron chi connectivity index (χ0n) is 11.8. The summed E-state index contributed by atoms with van der Waals surface area (Å²) < 4.78 is 24.6. The number of alkyl halides is 2. The lowest BCUT2D eigenvalue weighted by atomic mass is 10.1. The Hall–Kier alpha value is -2.27. The molecular weight excluding hydrogens is 294 g/mol. The highest BCUT2D eigenvalue weighted by Gasteiger charge is 2.25. The smallest absolute Gasteiger partial charge is 0.293 e. The maximum atomic E-state index is 12.3. The molecule has 1 heterocycles. The second kappa shape index (κ2) is 7.13. The van der Waals surface area contributed by atoms with Crippen LogP contribution in [-0.2, 0) is 0 Å². The minimum atomic E-state index is -2.34. The van der Waals surface area contributed by atoms with Gasteiger partial charge in [0, 0.05) is 19.2 Å². The molecule has 0 bridgehead atoms. The van der Waals surface area contributed by atoms with Gasteiger partial charge in [-0.05, 0) is 31.0 Å². The van der Waals surface area contributed by atoms with Gasteiger partial charge in [0.25, 0.3) is 12.1 Å². The van der Waals surface area contributed by atoms with Crippen LogP contribution < -0.4 is 5.32 Å². The summed E-state index contributed by atoms with van der Waals surface area (Å²) in [6.45, 7) is 1.42. The van der Waals surface area contributed by atoms with E-state index in [4.69, 9.17) is 5.26 Å². The van der Waals surface area contributed by atoms with Crippen LogP contribution in [-0.4, -0.2) is 42.4 Å².